The molecule has 0 unspecified atom stereocenters. The third-order valence-electron chi connectivity index (χ3n) is 13.8. The van der Waals surface area contributed by atoms with E-state index >= 15 is 0 Å². The highest BCUT2D eigenvalue weighted by molar-refractivity contribution is 6.28. The first-order valence-electron chi connectivity index (χ1n) is 22.2. The molecule has 0 saturated carbocycles. The van der Waals surface area contributed by atoms with Gasteiger partial charge in [-0.3, -0.25) is 0 Å². The maximum absolute atomic E-state index is 6.75. The average Bonchev–Trinajstić information content (AvgIpc) is 3.96. The zero-order valence-electron chi connectivity index (χ0n) is 35.6. The standard InChI is InChI=1S/C61H42N2O/c1-61(2)52-24-11-8-20-47(52)48-36-35-45(37-53(48)61)62(42-29-27-40(28-30-42)39-15-4-3-5-16-39)43-31-33-44(34-32-43)63-54-25-12-9-21-50(54)58-55(63)38-57-59(51-22-10-13-26-56(51)64-57)60(58)49-23-14-18-41-17-6-7-19-46(41)49/h3-38H,1-2H3. The number of hydrogen-bond acceptors (Lipinski definition) is 2. The summed E-state index contributed by atoms with van der Waals surface area (Å²) in [5.41, 5.74) is 18.5. The molecule has 0 spiro atoms. The third-order valence-corrected chi connectivity index (χ3v) is 13.8. The fraction of sp³-hybridized carbons (Fsp3) is 0.0492. The Labute approximate surface area is 371 Å². The van der Waals surface area contributed by atoms with E-state index in [0.29, 0.717) is 0 Å². The minimum absolute atomic E-state index is 0.124. The minimum atomic E-state index is -0.124. The summed E-state index contributed by atoms with van der Waals surface area (Å²) in [6.45, 7) is 4.71. The van der Waals surface area contributed by atoms with Gasteiger partial charge in [-0.25, -0.2) is 0 Å². The summed E-state index contributed by atoms with van der Waals surface area (Å²) in [5, 5.41) is 7.14. The van der Waals surface area contributed by atoms with Crippen LogP contribution >= 0.6 is 0 Å². The van der Waals surface area contributed by atoms with Gasteiger partial charge in [0.2, 0.25) is 0 Å². The molecule has 0 N–H and O–H groups in total. The smallest absolute Gasteiger partial charge is 0.138 e. The molecule has 0 radical (unpaired) electrons. The predicted molar refractivity (Wildman–Crippen MR) is 269 cm³/mol. The summed E-state index contributed by atoms with van der Waals surface area (Å²) >= 11 is 0. The van der Waals surface area contributed by atoms with E-state index in [-0.39, 0.29) is 5.41 Å². The minimum Gasteiger partial charge on any atom is -0.456 e. The molecule has 3 nitrogen and oxygen atoms in total. The Morgan fingerprint density at radius 1 is 0.406 bits per heavy atom. The molecule has 0 aliphatic heterocycles. The van der Waals surface area contributed by atoms with E-state index in [1.54, 1.807) is 0 Å². The lowest BCUT2D eigenvalue weighted by molar-refractivity contribution is 0.660. The molecule has 302 valence electrons. The average molecular weight is 819 g/mol. The van der Waals surface area contributed by atoms with Gasteiger partial charge in [-0.1, -0.05) is 166 Å². The van der Waals surface area contributed by atoms with Gasteiger partial charge in [-0.2, -0.15) is 0 Å². The van der Waals surface area contributed by atoms with Crippen molar-refractivity contribution in [1.82, 2.24) is 4.57 Å². The van der Waals surface area contributed by atoms with E-state index < -0.39 is 0 Å². The fourth-order valence-electron chi connectivity index (χ4n) is 10.8. The molecule has 0 saturated heterocycles. The molecule has 64 heavy (non-hydrogen) atoms. The van der Waals surface area contributed by atoms with Crippen LogP contribution in [-0.4, -0.2) is 4.57 Å². The van der Waals surface area contributed by atoms with Crippen LogP contribution in [0.4, 0.5) is 17.1 Å². The molecule has 2 heterocycles. The molecule has 1 aliphatic carbocycles. The number of para-hydroxylation sites is 2. The number of hydrogen-bond donors (Lipinski definition) is 0. The van der Waals surface area contributed by atoms with Crippen LogP contribution in [0, 0.1) is 0 Å². The molecule has 3 heteroatoms. The summed E-state index contributed by atoms with van der Waals surface area (Å²) in [6.07, 6.45) is 0. The van der Waals surface area contributed by atoms with E-state index in [0.717, 1.165) is 55.7 Å². The Hall–Kier alpha value is -8.14. The Bertz CT molecular complexity index is 3790. The quantitative estimate of drug-likeness (QED) is 0.167. The van der Waals surface area contributed by atoms with Crippen molar-refractivity contribution in [3.05, 3.63) is 230 Å². The first-order chi connectivity index (χ1) is 31.5. The van der Waals surface area contributed by atoms with Gasteiger partial charge in [0.15, 0.2) is 0 Å². The largest absolute Gasteiger partial charge is 0.456 e. The SMILES string of the molecule is CC1(C)c2ccccc2-c2ccc(N(c3ccc(-c4ccccc4)cc3)c3ccc(-n4c5ccccc5c5c(-c6cccc7ccccc67)c6c(cc54)oc4ccccc46)cc3)cc21. The van der Waals surface area contributed by atoms with Crippen molar-refractivity contribution >= 4 is 71.6 Å². The van der Waals surface area contributed by atoms with E-state index in [9.17, 15) is 0 Å². The Morgan fingerprint density at radius 2 is 1.02 bits per heavy atom. The topological polar surface area (TPSA) is 21.3 Å². The van der Waals surface area contributed by atoms with Crippen molar-refractivity contribution < 1.29 is 4.42 Å². The van der Waals surface area contributed by atoms with Gasteiger partial charge < -0.3 is 13.9 Å². The van der Waals surface area contributed by atoms with Gasteiger partial charge in [-0.05, 0) is 110 Å². The lowest BCUT2D eigenvalue weighted by Crippen LogP contribution is -2.16. The second kappa shape index (κ2) is 13.9. The summed E-state index contributed by atoms with van der Waals surface area (Å²) in [4.78, 5) is 2.40. The monoisotopic (exact) mass is 818 g/mol. The highest BCUT2D eigenvalue weighted by atomic mass is 16.3. The van der Waals surface area contributed by atoms with Crippen LogP contribution in [0.5, 0.6) is 0 Å². The van der Waals surface area contributed by atoms with Gasteiger partial charge in [0.1, 0.15) is 11.2 Å². The van der Waals surface area contributed by atoms with Crippen LogP contribution in [0.15, 0.2) is 223 Å². The van der Waals surface area contributed by atoms with Crippen LogP contribution in [0.25, 0.3) is 93.6 Å². The predicted octanol–water partition coefficient (Wildman–Crippen LogP) is 16.9. The normalized spacial score (nSPS) is 13.0. The van der Waals surface area contributed by atoms with Crippen LogP contribution in [0.2, 0.25) is 0 Å². The van der Waals surface area contributed by atoms with Crippen LogP contribution < -0.4 is 4.90 Å². The first kappa shape index (κ1) is 36.5. The van der Waals surface area contributed by atoms with Crippen molar-refractivity contribution in [2.75, 3.05) is 4.90 Å². The molecular weight excluding hydrogens is 777 g/mol. The second-order valence-corrected chi connectivity index (χ2v) is 17.7. The maximum Gasteiger partial charge on any atom is 0.138 e. The molecule has 0 atom stereocenters. The molecule has 2 aromatic heterocycles. The number of furan rings is 1. The molecule has 0 amide bonds. The highest BCUT2D eigenvalue weighted by Crippen LogP contribution is 2.51. The van der Waals surface area contributed by atoms with Crippen molar-refractivity contribution in [3.8, 4) is 39.1 Å². The van der Waals surface area contributed by atoms with Crippen molar-refractivity contribution in [2.45, 2.75) is 19.3 Å². The van der Waals surface area contributed by atoms with E-state index in [1.807, 2.05) is 0 Å². The molecule has 12 aromatic rings. The second-order valence-electron chi connectivity index (χ2n) is 17.7. The van der Waals surface area contributed by atoms with E-state index in [1.165, 1.54) is 66.1 Å². The molecule has 1 aliphatic rings. The van der Waals surface area contributed by atoms with Crippen molar-refractivity contribution in [1.29, 1.82) is 0 Å². The van der Waals surface area contributed by atoms with Gasteiger partial charge in [0, 0.05) is 61.3 Å². The first-order valence-corrected chi connectivity index (χ1v) is 22.2. The zero-order valence-corrected chi connectivity index (χ0v) is 35.6. The Morgan fingerprint density at radius 3 is 1.84 bits per heavy atom. The summed E-state index contributed by atoms with van der Waals surface area (Å²) in [5.74, 6) is 0. The molecule has 0 bridgehead atoms. The van der Waals surface area contributed by atoms with E-state index in [2.05, 4.69) is 242 Å². The lowest BCUT2D eigenvalue weighted by Gasteiger charge is -2.28. The molecular formula is C61H42N2O. The van der Waals surface area contributed by atoms with Crippen molar-refractivity contribution in [2.24, 2.45) is 0 Å². The summed E-state index contributed by atoms with van der Waals surface area (Å²) in [7, 11) is 0. The number of fused-ring (bicyclic) bond motifs is 10. The van der Waals surface area contributed by atoms with Gasteiger partial charge in [0.25, 0.3) is 0 Å². The summed E-state index contributed by atoms with van der Waals surface area (Å²) in [6, 6.07) is 79.5. The number of anilines is 3. The number of benzene rings is 10. The van der Waals surface area contributed by atoms with Crippen LogP contribution in [0.3, 0.4) is 0 Å². The molecule has 0 fully saturated rings. The highest BCUT2D eigenvalue weighted by Gasteiger charge is 2.36. The van der Waals surface area contributed by atoms with Crippen LogP contribution in [0.1, 0.15) is 25.0 Å². The van der Waals surface area contributed by atoms with E-state index in [4.69, 9.17) is 4.42 Å². The zero-order chi connectivity index (χ0) is 42.5. The Balaban J connectivity index is 1.01. The fourth-order valence-corrected chi connectivity index (χ4v) is 10.8. The van der Waals surface area contributed by atoms with Gasteiger partial charge in [-0.15, -0.1) is 0 Å². The van der Waals surface area contributed by atoms with Gasteiger partial charge >= 0.3 is 0 Å². The van der Waals surface area contributed by atoms with Gasteiger partial charge in [0.05, 0.1) is 11.0 Å². The molecule has 10 aromatic carbocycles. The van der Waals surface area contributed by atoms with Crippen LogP contribution in [-0.2, 0) is 5.41 Å². The summed E-state index contributed by atoms with van der Waals surface area (Å²) < 4.78 is 9.17. The molecule has 13 rings (SSSR count). The van der Waals surface area contributed by atoms with Crippen molar-refractivity contribution in [3.63, 3.8) is 0 Å². The maximum atomic E-state index is 6.75. The number of aromatic nitrogens is 1. The number of rotatable bonds is 6. The Kier molecular flexibility index (Phi) is 7.95. The lowest BCUT2D eigenvalue weighted by atomic mass is 9.82. The third kappa shape index (κ3) is 5.41. The number of nitrogens with zero attached hydrogens (tertiary/aromatic N) is 2.